The number of nitrogens with one attached hydrogen (secondary N) is 2. The quantitative estimate of drug-likeness (QED) is 0.627. The van der Waals surface area contributed by atoms with Crippen LogP contribution < -0.4 is 10.6 Å². The Bertz CT molecular complexity index is 410. The fourth-order valence-corrected chi connectivity index (χ4v) is 3.61. The molecule has 0 aliphatic heterocycles. The van der Waals surface area contributed by atoms with Crippen molar-refractivity contribution < 1.29 is 14.3 Å². The molecule has 1 amide bonds. The molecule has 0 radical (unpaired) electrons. The Morgan fingerprint density at radius 3 is 2.38 bits per heavy atom. The second-order valence-corrected chi connectivity index (χ2v) is 9.22. The Kier molecular flexibility index (Phi) is 9.94. The molecule has 5 nitrogen and oxygen atoms in total. The summed E-state index contributed by atoms with van der Waals surface area (Å²) in [5, 5.41) is 6.13. The Morgan fingerprint density at radius 2 is 1.73 bits per heavy atom. The number of alkyl carbamates (subject to hydrolysis) is 1. The normalized spacial score (nSPS) is 22.4. The highest BCUT2D eigenvalue weighted by Crippen LogP contribution is 2.27. The van der Waals surface area contributed by atoms with E-state index < -0.39 is 0 Å². The first-order valence-electron chi connectivity index (χ1n) is 10.4. The first-order valence-corrected chi connectivity index (χ1v) is 10.4. The van der Waals surface area contributed by atoms with Gasteiger partial charge < -0.3 is 20.1 Å². The molecule has 2 unspecified atom stereocenters. The van der Waals surface area contributed by atoms with Crippen LogP contribution in [0.2, 0.25) is 0 Å². The zero-order chi connectivity index (χ0) is 19.6. The van der Waals surface area contributed by atoms with Crippen LogP contribution in [0.1, 0.15) is 79.6 Å². The molecule has 0 saturated heterocycles. The van der Waals surface area contributed by atoms with Gasteiger partial charge in [0, 0.05) is 18.7 Å². The zero-order valence-corrected chi connectivity index (χ0v) is 18.0. The molecule has 0 heterocycles. The van der Waals surface area contributed by atoms with Crippen molar-refractivity contribution in [3.63, 3.8) is 0 Å². The molecule has 1 saturated carbocycles. The first kappa shape index (κ1) is 23.2. The van der Waals surface area contributed by atoms with E-state index in [4.69, 9.17) is 9.47 Å². The molecule has 1 fully saturated rings. The Labute approximate surface area is 161 Å². The summed E-state index contributed by atoms with van der Waals surface area (Å²) in [5.41, 5.74) is -0.557. The van der Waals surface area contributed by atoms with Crippen LogP contribution in [-0.4, -0.2) is 44.0 Å². The van der Waals surface area contributed by atoms with E-state index in [1.54, 1.807) is 0 Å². The molecule has 0 aromatic heterocycles. The fourth-order valence-electron chi connectivity index (χ4n) is 3.61. The Balaban J connectivity index is 2.33. The molecule has 0 aromatic rings. The van der Waals surface area contributed by atoms with Gasteiger partial charge in [0.1, 0.15) is 0 Å². The summed E-state index contributed by atoms with van der Waals surface area (Å²) in [6.07, 6.45) is 8.08. The maximum Gasteiger partial charge on any atom is 0.407 e. The van der Waals surface area contributed by atoms with Crippen molar-refractivity contribution in [1.29, 1.82) is 0 Å². The molecule has 2 atom stereocenters. The van der Waals surface area contributed by atoms with Gasteiger partial charge in [-0.3, -0.25) is 0 Å². The summed E-state index contributed by atoms with van der Waals surface area (Å²) >= 11 is 0. The maximum absolute atomic E-state index is 12.2. The molecule has 0 spiro atoms. The lowest BCUT2D eigenvalue weighted by Crippen LogP contribution is -2.46. The van der Waals surface area contributed by atoms with Crippen LogP contribution in [0.4, 0.5) is 4.79 Å². The molecular weight excluding hydrogens is 328 g/mol. The SMILES string of the molecule is CNCC(C)(C)OCCC(C)(C)NC(=O)OCC1CCCCCCC1C. The number of amides is 1. The van der Waals surface area contributed by atoms with Gasteiger partial charge in [-0.2, -0.15) is 0 Å². The van der Waals surface area contributed by atoms with E-state index in [0.29, 0.717) is 25.0 Å². The number of rotatable bonds is 9. The molecular formula is C21H42N2O3. The van der Waals surface area contributed by atoms with Crippen molar-refractivity contribution in [3.05, 3.63) is 0 Å². The third kappa shape index (κ3) is 9.77. The average molecular weight is 371 g/mol. The van der Waals surface area contributed by atoms with Gasteiger partial charge in [0.15, 0.2) is 0 Å². The largest absolute Gasteiger partial charge is 0.449 e. The highest BCUT2D eigenvalue weighted by Gasteiger charge is 2.25. The van der Waals surface area contributed by atoms with Crippen LogP contribution in [0.5, 0.6) is 0 Å². The number of hydrogen-bond acceptors (Lipinski definition) is 4. The standard InChI is InChI=1S/C21H42N2O3/c1-17-11-9-7-8-10-12-18(17)15-25-19(24)23-20(2,3)13-14-26-21(4,5)16-22-6/h17-18,22H,7-16H2,1-6H3,(H,23,24). The summed E-state index contributed by atoms with van der Waals surface area (Å²) in [4.78, 5) is 12.2. The van der Waals surface area contributed by atoms with Crippen LogP contribution in [0.25, 0.3) is 0 Å². The smallest absolute Gasteiger partial charge is 0.407 e. The van der Waals surface area contributed by atoms with Gasteiger partial charge >= 0.3 is 6.09 Å². The molecule has 2 N–H and O–H groups in total. The molecule has 26 heavy (non-hydrogen) atoms. The van der Waals surface area contributed by atoms with E-state index >= 15 is 0 Å². The molecule has 154 valence electrons. The third-order valence-electron chi connectivity index (χ3n) is 5.48. The Hall–Kier alpha value is -0.810. The van der Waals surface area contributed by atoms with Crippen molar-refractivity contribution >= 4 is 6.09 Å². The maximum atomic E-state index is 12.2. The summed E-state index contributed by atoms with van der Waals surface area (Å²) in [5.74, 6) is 1.13. The van der Waals surface area contributed by atoms with Crippen LogP contribution in [0, 0.1) is 11.8 Å². The second kappa shape index (κ2) is 11.1. The van der Waals surface area contributed by atoms with E-state index in [-0.39, 0.29) is 17.2 Å². The summed E-state index contributed by atoms with van der Waals surface area (Å²) in [6.45, 7) is 12.4. The molecule has 1 rings (SSSR count). The number of hydrogen-bond donors (Lipinski definition) is 2. The highest BCUT2D eigenvalue weighted by atomic mass is 16.5. The number of carbonyl (C=O) groups excluding carboxylic acids is 1. The predicted molar refractivity (Wildman–Crippen MR) is 107 cm³/mol. The zero-order valence-electron chi connectivity index (χ0n) is 18.0. The van der Waals surface area contributed by atoms with Gasteiger partial charge in [-0.15, -0.1) is 0 Å². The van der Waals surface area contributed by atoms with Crippen LogP contribution in [0.15, 0.2) is 0 Å². The van der Waals surface area contributed by atoms with Gasteiger partial charge in [0.05, 0.1) is 12.2 Å². The van der Waals surface area contributed by atoms with Gasteiger partial charge in [0.2, 0.25) is 0 Å². The second-order valence-electron chi connectivity index (χ2n) is 9.22. The van der Waals surface area contributed by atoms with Crippen molar-refractivity contribution in [2.75, 3.05) is 26.8 Å². The van der Waals surface area contributed by atoms with Crippen molar-refractivity contribution in [2.45, 2.75) is 90.7 Å². The monoisotopic (exact) mass is 370 g/mol. The molecule has 0 aromatic carbocycles. The van der Waals surface area contributed by atoms with Gasteiger partial charge in [-0.25, -0.2) is 4.79 Å². The minimum Gasteiger partial charge on any atom is -0.449 e. The minimum atomic E-state index is -0.348. The third-order valence-corrected chi connectivity index (χ3v) is 5.48. The number of likely N-dealkylation sites (N-methyl/N-ethyl adjacent to an activating group) is 1. The topological polar surface area (TPSA) is 59.6 Å². The lowest BCUT2D eigenvalue weighted by molar-refractivity contribution is -0.0229. The van der Waals surface area contributed by atoms with E-state index in [1.807, 2.05) is 20.9 Å². The molecule has 1 aliphatic rings. The number of ether oxygens (including phenoxy) is 2. The van der Waals surface area contributed by atoms with Crippen LogP contribution in [0.3, 0.4) is 0 Å². The van der Waals surface area contributed by atoms with E-state index in [1.165, 1.54) is 38.5 Å². The van der Waals surface area contributed by atoms with E-state index in [2.05, 4.69) is 31.4 Å². The van der Waals surface area contributed by atoms with E-state index in [9.17, 15) is 4.79 Å². The average Bonchev–Trinajstić information content (AvgIpc) is 2.49. The highest BCUT2D eigenvalue weighted by molar-refractivity contribution is 5.68. The predicted octanol–water partition coefficient (Wildman–Crippen LogP) is 4.50. The van der Waals surface area contributed by atoms with Crippen LogP contribution >= 0.6 is 0 Å². The molecule has 5 heteroatoms. The minimum absolute atomic E-state index is 0.209. The fraction of sp³-hybridized carbons (Fsp3) is 0.952. The lowest BCUT2D eigenvalue weighted by Gasteiger charge is -2.30. The van der Waals surface area contributed by atoms with Gasteiger partial charge in [-0.1, -0.05) is 39.0 Å². The van der Waals surface area contributed by atoms with Crippen LogP contribution in [-0.2, 0) is 9.47 Å². The van der Waals surface area contributed by atoms with Gasteiger partial charge in [-0.05, 0) is 59.4 Å². The van der Waals surface area contributed by atoms with E-state index in [0.717, 1.165) is 13.0 Å². The van der Waals surface area contributed by atoms with Crippen molar-refractivity contribution in [1.82, 2.24) is 10.6 Å². The van der Waals surface area contributed by atoms with Gasteiger partial charge in [0.25, 0.3) is 0 Å². The summed E-state index contributed by atoms with van der Waals surface area (Å²) in [7, 11) is 1.92. The lowest BCUT2D eigenvalue weighted by atomic mass is 9.83. The number of carbonyl (C=O) groups is 1. The summed E-state index contributed by atoms with van der Waals surface area (Å²) < 4.78 is 11.5. The molecule has 1 aliphatic carbocycles. The Morgan fingerprint density at radius 1 is 1.08 bits per heavy atom. The van der Waals surface area contributed by atoms with Crippen molar-refractivity contribution in [2.24, 2.45) is 11.8 Å². The molecule has 0 bridgehead atoms. The first-order chi connectivity index (χ1) is 12.2. The van der Waals surface area contributed by atoms with Crippen molar-refractivity contribution in [3.8, 4) is 0 Å². The summed E-state index contributed by atoms with van der Waals surface area (Å²) in [6, 6.07) is 0.